The lowest BCUT2D eigenvalue weighted by Gasteiger charge is -2.28. The van der Waals surface area contributed by atoms with Crippen molar-refractivity contribution >= 4 is 0 Å². The van der Waals surface area contributed by atoms with E-state index < -0.39 is 0 Å². The van der Waals surface area contributed by atoms with Gasteiger partial charge in [0.05, 0.1) is 12.2 Å². The lowest BCUT2D eigenvalue weighted by Crippen LogP contribution is -2.45. The summed E-state index contributed by atoms with van der Waals surface area (Å²) in [6.45, 7) is 6.87. The first-order chi connectivity index (χ1) is 6.70. The molecule has 14 heavy (non-hydrogen) atoms. The van der Waals surface area contributed by atoms with Crippen molar-refractivity contribution in [1.82, 2.24) is 5.32 Å². The fraction of sp³-hybridized carbons (Fsp3) is 1.00. The molecule has 82 valence electrons. The molecule has 0 amide bonds. The molecule has 0 aromatic carbocycles. The molecule has 2 fully saturated rings. The average Bonchev–Trinajstić information content (AvgIpc) is 2.74. The lowest BCUT2D eigenvalue weighted by molar-refractivity contribution is 0.0949. The maximum atomic E-state index is 5.85. The predicted octanol–water partition coefficient (Wildman–Crippen LogP) is 2.33. The zero-order valence-electron chi connectivity index (χ0n) is 9.62. The van der Waals surface area contributed by atoms with E-state index in [9.17, 15) is 0 Å². The first-order valence-electron chi connectivity index (χ1n) is 6.12. The summed E-state index contributed by atoms with van der Waals surface area (Å²) < 4.78 is 5.85. The highest BCUT2D eigenvalue weighted by Gasteiger charge is 2.41. The van der Waals surface area contributed by atoms with Gasteiger partial charge in [-0.15, -0.1) is 0 Å². The Labute approximate surface area is 87.4 Å². The number of nitrogens with one attached hydrogen (secondary N) is 1. The minimum Gasteiger partial charge on any atom is -0.373 e. The SMILES string of the molecule is CCC(NC1CC2CCC1O2)C(C)C. The minimum absolute atomic E-state index is 0.521. The zero-order valence-corrected chi connectivity index (χ0v) is 9.62. The molecule has 1 N–H and O–H groups in total. The second kappa shape index (κ2) is 4.19. The molecule has 2 aliphatic heterocycles. The molecule has 0 spiro atoms. The van der Waals surface area contributed by atoms with Gasteiger partial charge < -0.3 is 10.1 Å². The molecule has 0 aliphatic carbocycles. The number of fused-ring (bicyclic) bond motifs is 2. The molecule has 0 saturated carbocycles. The van der Waals surface area contributed by atoms with Gasteiger partial charge in [0.2, 0.25) is 0 Å². The predicted molar refractivity (Wildman–Crippen MR) is 58.4 cm³/mol. The molecule has 2 bridgehead atoms. The first kappa shape index (κ1) is 10.4. The van der Waals surface area contributed by atoms with Gasteiger partial charge in [-0.25, -0.2) is 0 Å². The molecule has 2 saturated heterocycles. The van der Waals surface area contributed by atoms with Crippen molar-refractivity contribution in [2.24, 2.45) is 5.92 Å². The van der Waals surface area contributed by atoms with Crippen molar-refractivity contribution < 1.29 is 4.74 Å². The van der Waals surface area contributed by atoms with Crippen LogP contribution in [0.4, 0.5) is 0 Å². The lowest BCUT2D eigenvalue weighted by atomic mass is 9.92. The van der Waals surface area contributed by atoms with Gasteiger partial charge in [-0.1, -0.05) is 20.8 Å². The second-order valence-electron chi connectivity index (χ2n) is 5.14. The molecular weight excluding hydrogens is 174 g/mol. The summed E-state index contributed by atoms with van der Waals surface area (Å²) in [6, 6.07) is 1.31. The van der Waals surface area contributed by atoms with Crippen molar-refractivity contribution in [3.8, 4) is 0 Å². The summed E-state index contributed by atoms with van der Waals surface area (Å²) in [4.78, 5) is 0. The van der Waals surface area contributed by atoms with Crippen LogP contribution in [0.2, 0.25) is 0 Å². The van der Waals surface area contributed by atoms with E-state index in [1.165, 1.54) is 25.7 Å². The summed E-state index contributed by atoms with van der Waals surface area (Å²) in [5.74, 6) is 0.735. The van der Waals surface area contributed by atoms with Crippen LogP contribution in [0, 0.1) is 5.92 Å². The Balaban J connectivity index is 1.85. The molecule has 0 aromatic heterocycles. The van der Waals surface area contributed by atoms with Crippen molar-refractivity contribution in [3.63, 3.8) is 0 Å². The highest BCUT2D eigenvalue weighted by Crippen LogP contribution is 2.34. The Morgan fingerprint density at radius 3 is 2.57 bits per heavy atom. The fourth-order valence-corrected chi connectivity index (χ4v) is 2.87. The quantitative estimate of drug-likeness (QED) is 0.747. The second-order valence-corrected chi connectivity index (χ2v) is 5.14. The Hall–Kier alpha value is -0.0800. The highest BCUT2D eigenvalue weighted by molar-refractivity contribution is 4.95. The van der Waals surface area contributed by atoms with Gasteiger partial charge in [0.1, 0.15) is 0 Å². The maximum absolute atomic E-state index is 5.85. The van der Waals surface area contributed by atoms with Gasteiger partial charge in [-0.05, 0) is 31.6 Å². The van der Waals surface area contributed by atoms with Crippen molar-refractivity contribution in [2.45, 2.75) is 70.7 Å². The monoisotopic (exact) mass is 197 g/mol. The molecule has 2 heteroatoms. The Bertz CT molecular complexity index is 193. The normalized spacial score (nSPS) is 38.1. The summed E-state index contributed by atoms with van der Waals surface area (Å²) in [5.41, 5.74) is 0. The summed E-state index contributed by atoms with van der Waals surface area (Å²) in [6.07, 6.45) is 6.13. The van der Waals surface area contributed by atoms with E-state index >= 15 is 0 Å². The molecule has 2 heterocycles. The third-order valence-electron chi connectivity index (χ3n) is 3.78. The van der Waals surface area contributed by atoms with E-state index in [-0.39, 0.29) is 0 Å². The van der Waals surface area contributed by atoms with E-state index in [4.69, 9.17) is 4.74 Å². The van der Waals surface area contributed by atoms with Crippen LogP contribution in [-0.2, 0) is 4.74 Å². The van der Waals surface area contributed by atoms with E-state index in [2.05, 4.69) is 26.1 Å². The topological polar surface area (TPSA) is 21.3 Å². The minimum atomic E-state index is 0.521. The molecule has 0 aromatic rings. The number of hydrogen-bond acceptors (Lipinski definition) is 2. The standard InChI is InChI=1S/C12H23NO/c1-4-10(8(2)3)13-11-7-9-5-6-12(11)14-9/h8-13H,4-7H2,1-3H3. The van der Waals surface area contributed by atoms with Gasteiger partial charge in [-0.2, -0.15) is 0 Å². The number of ether oxygens (including phenoxy) is 1. The van der Waals surface area contributed by atoms with Crippen LogP contribution in [0.25, 0.3) is 0 Å². The van der Waals surface area contributed by atoms with Crippen LogP contribution in [0.15, 0.2) is 0 Å². The van der Waals surface area contributed by atoms with Crippen LogP contribution in [-0.4, -0.2) is 24.3 Å². The highest BCUT2D eigenvalue weighted by atomic mass is 16.5. The molecule has 2 rings (SSSR count). The molecule has 4 unspecified atom stereocenters. The molecule has 4 atom stereocenters. The van der Waals surface area contributed by atoms with E-state index in [1.54, 1.807) is 0 Å². The van der Waals surface area contributed by atoms with Crippen LogP contribution in [0.5, 0.6) is 0 Å². The van der Waals surface area contributed by atoms with Gasteiger partial charge in [0.25, 0.3) is 0 Å². The largest absolute Gasteiger partial charge is 0.373 e. The van der Waals surface area contributed by atoms with Gasteiger partial charge in [-0.3, -0.25) is 0 Å². The first-order valence-corrected chi connectivity index (χ1v) is 6.12. The Morgan fingerprint density at radius 2 is 2.14 bits per heavy atom. The van der Waals surface area contributed by atoms with Crippen LogP contribution >= 0.6 is 0 Å². The van der Waals surface area contributed by atoms with E-state index in [1.807, 2.05) is 0 Å². The third kappa shape index (κ3) is 1.96. The van der Waals surface area contributed by atoms with Crippen molar-refractivity contribution in [2.75, 3.05) is 0 Å². The Kier molecular flexibility index (Phi) is 3.13. The fourth-order valence-electron chi connectivity index (χ4n) is 2.87. The molecule has 2 aliphatic rings. The summed E-state index contributed by atoms with van der Waals surface area (Å²) in [7, 11) is 0. The van der Waals surface area contributed by atoms with Crippen LogP contribution in [0.1, 0.15) is 46.5 Å². The van der Waals surface area contributed by atoms with Crippen molar-refractivity contribution in [1.29, 1.82) is 0 Å². The van der Waals surface area contributed by atoms with Gasteiger partial charge in [0, 0.05) is 12.1 Å². The maximum Gasteiger partial charge on any atom is 0.0733 e. The number of rotatable bonds is 4. The average molecular weight is 197 g/mol. The van der Waals surface area contributed by atoms with E-state index in [0.29, 0.717) is 24.3 Å². The molecule has 0 radical (unpaired) electrons. The smallest absolute Gasteiger partial charge is 0.0733 e. The third-order valence-corrected chi connectivity index (χ3v) is 3.78. The summed E-state index contributed by atoms with van der Waals surface area (Å²) >= 11 is 0. The van der Waals surface area contributed by atoms with Gasteiger partial charge in [0.15, 0.2) is 0 Å². The Morgan fingerprint density at radius 1 is 1.36 bits per heavy atom. The van der Waals surface area contributed by atoms with E-state index in [0.717, 1.165) is 5.92 Å². The molecule has 2 nitrogen and oxygen atoms in total. The van der Waals surface area contributed by atoms with Crippen LogP contribution in [0.3, 0.4) is 0 Å². The zero-order chi connectivity index (χ0) is 10.1. The number of hydrogen-bond donors (Lipinski definition) is 1. The van der Waals surface area contributed by atoms with Crippen molar-refractivity contribution in [3.05, 3.63) is 0 Å². The summed E-state index contributed by atoms with van der Waals surface area (Å²) in [5, 5.41) is 3.77. The van der Waals surface area contributed by atoms with Crippen LogP contribution < -0.4 is 5.32 Å². The van der Waals surface area contributed by atoms with Gasteiger partial charge >= 0.3 is 0 Å². The molecular formula is C12H23NO.